The molecule has 6 heteroatoms. The van der Waals surface area contributed by atoms with Crippen LogP contribution in [0.4, 0.5) is 11.5 Å². The van der Waals surface area contributed by atoms with Crippen LogP contribution in [-0.2, 0) is 4.74 Å². The number of nitrogens with zero attached hydrogens (tertiary/aromatic N) is 2. The first kappa shape index (κ1) is 17.6. The summed E-state index contributed by atoms with van der Waals surface area (Å²) < 4.78 is 11.1. The van der Waals surface area contributed by atoms with Gasteiger partial charge in [-0.3, -0.25) is 0 Å². The fourth-order valence-electron chi connectivity index (χ4n) is 2.13. The van der Waals surface area contributed by atoms with Gasteiger partial charge in [-0.15, -0.1) is 0 Å². The lowest BCUT2D eigenvalue weighted by Crippen LogP contribution is -2.11. The second-order valence-electron chi connectivity index (χ2n) is 5.27. The molecule has 0 amide bonds. The van der Waals surface area contributed by atoms with Crippen molar-refractivity contribution >= 4 is 11.5 Å². The number of nitrogens with two attached hydrogens (primary N) is 1. The lowest BCUT2D eigenvalue weighted by molar-refractivity contribution is 0.100. The van der Waals surface area contributed by atoms with Gasteiger partial charge in [-0.25, -0.2) is 4.98 Å². The Hall–Kier alpha value is -2.78. The van der Waals surface area contributed by atoms with Gasteiger partial charge in [-0.2, -0.15) is 5.26 Å². The highest BCUT2D eigenvalue weighted by molar-refractivity contribution is 5.59. The van der Waals surface area contributed by atoms with E-state index in [1.807, 2.05) is 25.1 Å². The van der Waals surface area contributed by atoms with Crippen molar-refractivity contribution in [2.45, 2.75) is 13.3 Å². The van der Waals surface area contributed by atoms with Crippen molar-refractivity contribution in [1.29, 1.82) is 5.26 Å². The fourth-order valence-corrected chi connectivity index (χ4v) is 2.13. The SMILES string of the molecule is Cc1cc(N)c(OCCOCCCNc2ccccn2)cc1C#N. The molecule has 0 radical (unpaired) electrons. The molecule has 0 unspecified atom stereocenters. The van der Waals surface area contributed by atoms with Gasteiger partial charge < -0.3 is 20.5 Å². The van der Waals surface area contributed by atoms with E-state index < -0.39 is 0 Å². The number of ether oxygens (including phenoxy) is 2. The Morgan fingerprint density at radius 1 is 1.25 bits per heavy atom. The highest BCUT2D eigenvalue weighted by atomic mass is 16.5. The van der Waals surface area contributed by atoms with Crippen molar-refractivity contribution in [2.75, 3.05) is 37.4 Å². The van der Waals surface area contributed by atoms with Crippen LogP contribution in [-0.4, -0.2) is 31.3 Å². The molecule has 2 aromatic rings. The third kappa shape index (κ3) is 5.45. The maximum absolute atomic E-state index is 9.03. The van der Waals surface area contributed by atoms with Crippen LogP contribution in [0.15, 0.2) is 36.5 Å². The molecule has 0 saturated heterocycles. The molecule has 0 aliphatic heterocycles. The molecule has 3 N–H and O–H groups in total. The lowest BCUT2D eigenvalue weighted by Gasteiger charge is -2.11. The van der Waals surface area contributed by atoms with E-state index in [0.29, 0.717) is 36.8 Å². The molecule has 0 bridgehead atoms. The van der Waals surface area contributed by atoms with Gasteiger partial charge in [-0.1, -0.05) is 6.07 Å². The van der Waals surface area contributed by atoms with Crippen LogP contribution >= 0.6 is 0 Å². The molecular weight excluding hydrogens is 304 g/mol. The largest absolute Gasteiger partial charge is 0.489 e. The summed E-state index contributed by atoms with van der Waals surface area (Å²) in [7, 11) is 0. The normalized spacial score (nSPS) is 10.2. The Morgan fingerprint density at radius 2 is 2.12 bits per heavy atom. The second-order valence-corrected chi connectivity index (χ2v) is 5.27. The molecule has 1 aromatic heterocycles. The molecule has 1 aromatic carbocycles. The maximum atomic E-state index is 9.03. The van der Waals surface area contributed by atoms with E-state index in [0.717, 1.165) is 24.3 Å². The number of pyridine rings is 1. The van der Waals surface area contributed by atoms with Crippen LogP contribution in [0.3, 0.4) is 0 Å². The van der Waals surface area contributed by atoms with Gasteiger partial charge in [0.05, 0.1) is 23.9 Å². The summed E-state index contributed by atoms with van der Waals surface area (Å²) in [4.78, 5) is 4.18. The number of nitrogens with one attached hydrogen (secondary N) is 1. The second kappa shape index (κ2) is 9.38. The number of aryl methyl sites for hydroxylation is 1. The highest BCUT2D eigenvalue weighted by Crippen LogP contribution is 2.25. The van der Waals surface area contributed by atoms with Gasteiger partial charge in [0.2, 0.25) is 0 Å². The quantitative estimate of drug-likeness (QED) is 0.543. The van der Waals surface area contributed by atoms with E-state index in [9.17, 15) is 0 Å². The summed E-state index contributed by atoms with van der Waals surface area (Å²) in [5.41, 5.74) is 7.84. The van der Waals surface area contributed by atoms with Crippen molar-refractivity contribution in [3.05, 3.63) is 47.7 Å². The van der Waals surface area contributed by atoms with E-state index >= 15 is 0 Å². The number of aromatic nitrogens is 1. The van der Waals surface area contributed by atoms with Crippen LogP contribution < -0.4 is 15.8 Å². The van der Waals surface area contributed by atoms with Crippen LogP contribution in [0.25, 0.3) is 0 Å². The van der Waals surface area contributed by atoms with Crippen molar-refractivity contribution < 1.29 is 9.47 Å². The van der Waals surface area contributed by atoms with Crippen LogP contribution in [0.1, 0.15) is 17.5 Å². The number of nitrogen functional groups attached to an aromatic ring is 1. The van der Waals surface area contributed by atoms with Gasteiger partial charge in [0.15, 0.2) is 0 Å². The molecule has 0 aliphatic rings. The van der Waals surface area contributed by atoms with E-state index in [4.69, 9.17) is 20.5 Å². The monoisotopic (exact) mass is 326 g/mol. The number of benzene rings is 1. The van der Waals surface area contributed by atoms with E-state index in [2.05, 4.69) is 16.4 Å². The number of anilines is 2. The predicted octanol–water partition coefficient (Wildman–Crippen LogP) is 2.74. The smallest absolute Gasteiger partial charge is 0.143 e. The van der Waals surface area contributed by atoms with Crippen molar-refractivity contribution in [2.24, 2.45) is 0 Å². The Morgan fingerprint density at radius 3 is 2.88 bits per heavy atom. The summed E-state index contributed by atoms with van der Waals surface area (Å²) >= 11 is 0. The Balaban J connectivity index is 1.59. The first-order chi connectivity index (χ1) is 11.7. The first-order valence-electron chi connectivity index (χ1n) is 7.86. The van der Waals surface area contributed by atoms with Gasteiger partial charge in [-0.05, 0) is 37.1 Å². The minimum Gasteiger partial charge on any atom is -0.489 e. The Bertz CT molecular complexity index is 683. The summed E-state index contributed by atoms with van der Waals surface area (Å²) in [6.07, 6.45) is 2.63. The highest BCUT2D eigenvalue weighted by Gasteiger charge is 2.06. The zero-order valence-corrected chi connectivity index (χ0v) is 13.8. The fraction of sp³-hybridized carbons (Fsp3) is 0.333. The molecule has 1 heterocycles. The zero-order chi connectivity index (χ0) is 17.2. The van der Waals surface area contributed by atoms with E-state index in [1.165, 1.54) is 0 Å². The van der Waals surface area contributed by atoms with Crippen LogP contribution in [0.2, 0.25) is 0 Å². The van der Waals surface area contributed by atoms with Gasteiger partial charge >= 0.3 is 0 Å². The average molecular weight is 326 g/mol. The first-order valence-corrected chi connectivity index (χ1v) is 7.86. The molecule has 0 aliphatic carbocycles. The summed E-state index contributed by atoms with van der Waals surface area (Å²) in [5, 5.41) is 12.2. The Kier molecular flexibility index (Phi) is 6.87. The van der Waals surface area contributed by atoms with Crippen molar-refractivity contribution in [1.82, 2.24) is 4.98 Å². The molecule has 126 valence electrons. The Labute approximate surface area is 142 Å². The van der Waals surface area contributed by atoms with Gasteiger partial charge in [0.25, 0.3) is 0 Å². The molecule has 24 heavy (non-hydrogen) atoms. The topological polar surface area (TPSA) is 93.2 Å². The third-order valence-electron chi connectivity index (χ3n) is 3.40. The summed E-state index contributed by atoms with van der Waals surface area (Å²) in [5.74, 6) is 1.39. The molecule has 0 spiro atoms. The standard InChI is InChI=1S/C18H22N4O2/c1-14-11-16(20)17(12-15(14)13-19)24-10-9-23-8-4-7-22-18-5-2-3-6-21-18/h2-3,5-6,11-12H,4,7-10,20H2,1H3,(H,21,22). The number of hydrogen-bond donors (Lipinski definition) is 2. The number of nitriles is 1. The molecule has 0 atom stereocenters. The van der Waals surface area contributed by atoms with Gasteiger partial charge in [0.1, 0.15) is 18.2 Å². The van der Waals surface area contributed by atoms with E-state index in [1.54, 1.807) is 18.3 Å². The summed E-state index contributed by atoms with van der Waals surface area (Å²) in [6.45, 7) is 4.15. The van der Waals surface area contributed by atoms with Gasteiger partial charge in [0, 0.05) is 25.4 Å². The molecular formula is C18H22N4O2. The molecule has 0 saturated carbocycles. The van der Waals surface area contributed by atoms with E-state index in [-0.39, 0.29) is 0 Å². The predicted molar refractivity (Wildman–Crippen MR) is 94.0 cm³/mol. The average Bonchev–Trinajstić information content (AvgIpc) is 2.59. The number of hydrogen-bond acceptors (Lipinski definition) is 6. The maximum Gasteiger partial charge on any atom is 0.143 e. The summed E-state index contributed by atoms with van der Waals surface area (Å²) in [6, 6.07) is 11.3. The van der Waals surface area contributed by atoms with Crippen molar-refractivity contribution in [3.8, 4) is 11.8 Å². The van der Waals surface area contributed by atoms with Crippen molar-refractivity contribution in [3.63, 3.8) is 0 Å². The van der Waals surface area contributed by atoms with Crippen LogP contribution in [0.5, 0.6) is 5.75 Å². The molecule has 0 fully saturated rings. The minimum absolute atomic E-state index is 0.395. The minimum atomic E-state index is 0.395. The zero-order valence-electron chi connectivity index (χ0n) is 13.8. The van der Waals surface area contributed by atoms with Crippen LogP contribution in [0, 0.1) is 18.3 Å². The lowest BCUT2D eigenvalue weighted by atomic mass is 10.1. The molecule has 2 rings (SSSR count). The molecule has 6 nitrogen and oxygen atoms in total. The third-order valence-corrected chi connectivity index (χ3v) is 3.40. The number of rotatable bonds is 9.